The highest BCUT2D eigenvalue weighted by molar-refractivity contribution is 5.92. The van der Waals surface area contributed by atoms with Crippen LogP contribution in [0.4, 0.5) is 5.69 Å². The first-order valence-corrected chi connectivity index (χ1v) is 8.96. The Morgan fingerprint density at radius 2 is 1.89 bits per heavy atom. The molecule has 0 fully saturated rings. The number of anilines is 1. The number of likely N-dealkylation sites (N-methyl/N-ethyl adjacent to an activating group) is 1. The van der Waals surface area contributed by atoms with Crippen LogP contribution >= 0.6 is 0 Å². The maximum atomic E-state index is 12.4. The van der Waals surface area contributed by atoms with E-state index in [1.807, 2.05) is 49.2 Å². The first-order chi connectivity index (χ1) is 12.9. The summed E-state index contributed by atoms with van der Waals surface area (Å²) < 4.78 is 1.72. The van der Waals surface area contributed by atoms with E-state index in [1.165, 1.54) is 17.5 Å². The molecule has 0 aliphatic heterocycles. The second-order valence-electron chi connectivity index (χ2n) is 6.87. The zero-order valence-corrected chi connectivity index (χ0v) is 16.2. The number of hydrogen-bond donors (Lipinski definition) is 1. The van der Waals surface area contributed by atoms with Gasteiger partial charge in [-0.1, -0.05) is 18.2 Å². The van der Waals surface area contributed by atoms with Crippen molar-refractivity contribution in [1.82, 2.24) is 19.7 Å². The van der Waals surface area contributed by atoms with Gasteiger partial charge in [0.1, 0.15) is 12.7 Å². The summed E-state index contributed by atoms with van der Waals surface area (Å²) in [4.78, 5) is 18.4. The SMILES string of the molecule is Cc1ccc(NC(=O)CN(C)[C@H](C)c2ccc(-n3cncn3)cc2)cc1C. The second kappa shape index (κ2) is 8.14. The third kappa shape index (κ3) is 4.60. The number of rotatable bonds is 6. The summed E-state index contributed by atoms with van der Waals surface area (Å²) in [5.74, 6) is -0.0214. The van der Waals surface area contributed by atoms with Gasteiger partial charge in [0.05, 0.1) is 12.2 Å². The Morgan fingerprint density at radius 1 is 1.15 bits per heavy atom. The number of amides is 1. The molecule has 6 nitrogen and oxygen atoms in total. The van der Waals surface area contributed by atoms with Crippen molar-refractivity contribution in [3.05, 3.63) is 71.8 Å². The minimum atomic E-state index is -0.0214. The molecule has 0 aliphatic rings. The number of carbonyl (C=O) groups excluding carboxylic acids is 1. The molecule has 140 valence electrons. The smallest absolute Gasteiger partial charge is 0.238 e. The number of aryl methyl sites for hydroxylation is 2. The Balaban J connectivity index is 1.60. The number of nitrogens with one attached hydrogen (secondary N) is 1. The number of nitrogens with zero attached hydrogens (tertiary/aromatic N) is 4. The Bertz CT molecular complexity index is 903. The van der Waals surface area contributed by atoms with Gasteiger partial charge in [-0.3, -0.25) is 9.69 Å². The van der Waals surface area contributed by atoms with Crippen molar-refractivity contribution in [3.8, 4) is 5.69 Å². The van der Waals surface area contributed by atoms with Gasteiger partial charge in [0.25, 0.3) is 0 Å². The fourth-order valence-corrected chi connectivity index (χ4v) is 2.88. The van der Waals surface area contributed by atoms with Gasteiger partial charge in [-0.25, -0.2) is 9.67 Å². The maximum absolute atomic E-state index is 12.4. The summed E-state index contributed by atoms with van der Waals surface area (Å²) in [5.41, 5.74) is 5.32. The number of hydrogen-bond acceptors (Lipinski definition) is 4. The van der Waals surface area contributed by atoms with Crippen LogP contribution in [0.5, 0.6) is 0 Å². The highest BCUT2D eigenvalue weighted by Crippen LogP contribution is 2.20. The molecule has 1 heterocycles. The van der Waals surface area contributed by atoms with Crippen LogP contribution in [0, 0.1) is 13.8 Å². The number of aromatic nitrogens is 3. The van der Waals surface area contributed by atoms with Crippen molar-refractivity contribution >= 4 is 11.6 Å². The molecule has 6 heteroatoms. The molecule has 1 atom stereocenters. The molecule has 0 spiro atoms. The van der Waals surface area contributed by atoms with E-state index in [9.17, 15) is 4.79 Å². The molecule has 0 radical (unpaired) electrons. The number of carbonyl (C=O) groups is 1. The zero-order valence-electron chi connectivity index (χ0n) is 16.2. The molecule has 0 saturated heterocycles. The molecule has 0 unspecified atom stereocenters. The predicted molar refractivity (Wildman–Crippen MR) is 107 cm³/mol. The summed E-state index contributed by atoms with van der Waals surface area (Å²) in [7, 11) is 1.95. The lowest BCUT2D eigenvalue weighted by atomic mass is 10.1. The first-order valence-electron chi connectivity index (χ1n) is 8.96. The van der Waals surface area contributed by atoms with E-state index in [1.54, 1.807) is 11.0 Å². The summed E-state index contributed by atoms with van der Waals surface area (Å²) in [6, 6.07) is 14.2. The van der Waals surface area contributed by atoms with Crippen molar-refractivity contribution in [2.75, 3.05) is 18.9 Å². The summed E-state index contributed by atoms with van der Waals surface area (Å²) in [5, 5.41) is 7.10. The maximum Gasteiger partial charge on any atom is 0.238 e. The van der Waals surface area contributed by atoms with Crippen molar-refractivity contribution < 1.29 is 4.79 Å². The van der Waals surface area contributed by atoms with Gasteiger partial charge in [-0.15, -0.1) is 0 Å². The minimum Gasteiger partial charge on any atom is -0.325 e. The average Bonchev–Trinajstić information content (AvgIpc) is 3.19. The van der Waals surface area contributed by atoms with Crippen LogP contribution < -0.4 is 5.32 Å². The molecule has 0 bridgehead atoms. The van der Waals surface area contributed by atoms with Gasteiger partial charge in [-0.05, 0) is 68.8 Å². The third-order valence-corrected chi connectivity index (χ3v) is 4.90. The molecule has 1 aromatic heterocycles. The standard InChI is InChI=1S/C21H25N5O/c1-15-5-8-19(11-16(15)2)24-21(27)12-25(4)17(3)18-6-9-20(10-7-18)26-14-22-13-23-26/h5-11,13-14,17H,12H2,1-4H3,(H,24,27)/t17-/m1/s1. The predicted octanol–water partition coefficient (Wildman–Crippen LogP) is 3.52. The van der Waals surface area contributed by atoms with Crippen LogP contribution in [0.25, 0.3) is 5.69 Å². The molecule has 0 aliphatic carbocycles. The zero-order chi connectivity index (χ0) is 19.4. The normalized spacial score (nSPS) is 12.2. The molecular formula is C21H25N5O. The topological polar surface area (TPSA) is 63.1 Å². The van der Waals surface area contributed by atoms with E-state index < -0.39 is 0 Å². The van der Waals surface area contributed by atoms with Crippen molar-refractivity contribution in [2.45, 2.75) is 26.8 Å². The van der Waals surface area contributed by atoms with Gasteiger partial charge >= 0.3 is 0 Å². The van der Waals surface area contributed by atoms with Crippen molar-refractivity contribution in [2.24, 2.45) is 0 Å². The van der Waals surface area contributed by atoms with Crippen molar-refractivity contribution in [3.63, 3.8) is 0 Å². The molecular weight excluding hydrogens is 338 g/mol. The Kier molecular flexibility index (Phi) is 5.66. The quantitative estimate of drug-likeness (QED) is 0.728. The molecule has 0 saturated carbocycles. The van der Waals surface area contributed by atoms with Gasteiger partial charge in [0, 0.05) is 11.7 Å². The lowest BCUT2D eigenvalue weighted by molar-refractivity contribution is -0.117. The van der Waals surface area contributed by atoms with E-state index in [0.717, 1.165) is 16.9 Å². The molecule has 3 rings (SSSR count). The lowest BCUT2D eigenvalue weighted by Gasteiger charge is -2.24. The van der Waals surface area contributed by atoms with Gasteiger partial charge in [-0.2, -0.15) is 5.10 Å². The van der Waals surface area contributed by atoms with Crippen LogP contribution in [-0.2, 0) is 4.79 Å². The minimum absolute atomic E-state index is 0.0214. The van der Waals surface area contributed by atoms with Gasteiger partial charge in [0.2, 0.25) is 5.91 Å². The molecule has 1 N–H and O–H groups in total. The van der Waals surface area contributed by atoms with Crippen LogP contribution in [0.1, 0.15) is 29.7 Å². The highest BCUT2D eigenvalue weighted by atomic mass is 16.2. The van der Waals surface area contributed by atoms with Crippen LogP contribution in [0.3, 0.4) is 0 Å². The van der Waals surface area contributed by atoms with E-state index >= 15 is 0 Å². The highest BCUT2D eigenvalue weighted by Gasteiger charge is 2.15. The third-order valence-electron chi connectivity index (χ3n) is 4.90. The monoisotopic (exact) mass is 363 g/mol. The summed E-state index contributed by atoms with van der Waals surface area (Å²) >= 11 is 0. The fourth-order valence-electron chi connectivity index (χ4n) is 2.88. The van der Waals surface area contributed by atoms with Gasteiger partial charge in [0.15, 0.2) is 0 Å². The molecule has 3 aromatic rings. The molecule has 27 heavy (non-hydrogen) atoms. The van der Waals surface area contributed by atoms with Crippen LogP contribution in [0.15, 0.2) is 55.1 Å². The van der Waals surface area contributed by atoms with E-state index in [-0.39, 0.29) is 11.9 Å². The fraction of sp³-hybridized carbons (Fsp3) is 0.286. The average molecular weight is 363 g/mol. The molecule has 2 aromatic carbocycles. The summed E-state index contributed by atoms with van der Waals surface area (Å²) in [6.07, 6.45) is 3.18. The van der Waals surface area contributed by atoms with E-state index in [4.69, 9.17) is 0 Å². The van der Waals surface area contributed by atoms with E-state index in [0.29, 0.717) is 6.54 Å². The number of benzene rings is 2. The van der Waals surface area contributed by atoms with Crippen LogP contribution in [0.2, 0.25) is 0 Å². The Morgan fingerprint density at radius 3 is 2.52 bits per heavy atom. The van der Waals surface area contributed by atoms with E-state index in [2.05, 4.69) is 41.4 Å². The van der Waals surface area contributed by atoms with Crippen LogP contribution in [-0.4, -0.2) is 39.2 Å². The Labute approximate surface area is 159 Å². The first kappa shape index (κ1) is 18.8. The summed E-state index contributed by atoms with van der Waals surface area (Å²) in [6.45, 7) is 6.51. The lowest BCUT2D eigenvalue weighted by Crippen LogP contribution is -2.32. The largest absolute Gasteiger partial charge is 0.325 e. The van der Waals surface area contributed by atoms with Crippen molar-refractivity contribution in [1.29, 1.82) is 0 Å². The van der Waals surface area contributed by atoms with Gasteiger partial charge < -0.3 is 5.32 Å². The Hall–Kier alpha value is -2.99. The molecule has 1 amide bonds. The second-order valence-corrected chi connectivity index (χ2v) is 6.87.